The van der Waals surface area contributed by atoms with Crippen molar-refractivity contribution in [2.24, 2.45) is 0 Å². The number of para-hydroxylation sites is 1. The van der Waals surface area contributed by atoms with Gasteiger partial charge in [-0.15, -0.1) is 0 Å². The first-order valence-corrected chi connectivity index (χ1v) is 9.97. The summed E-state index contributed by atoms with van der Waals surface area (Å²) in [5.41, 5.74) is 1.74. The first kappa shape index (κ1) is 19.2. The van der Waals surface area contributed by atoms with Crippen molar-refractivity contribution < 1.29 is 9.84 Å². The van der Waals surface area contributed by atoms with Gasteiger partial charge in [-0.05, 0) is 71.1 Å². The third-order valence-electron chi connectivity index (χ3n) is 4.52. The highest BCUT2D eigenvalue weighted by Crippen LogP contribution is 2.22. The first-order valence-electron chi connectivity index (χ1n) is 8.89. The van der Waals surface area contributed by atoms with Crippen LogP contribution in [0.3, 0.4) is 0 Å². The number of halogens is 1. The Bertz CT molecular complexity index is 1300. The molecule has 0 amide bonds. The van der Waals surface area contributed by atoms with Crippen LogP contribution in [0, 0.1) is 3.57 Å². The lowest BCUT2D eigenvalue weighted by molar-refractivity contribution is 0.414. The van der Waals surface area contributed by atoms with Gasteiger partial charge in [0.2, 0.25) is 0 Å². The third-order valence-corrected chi connectivity index (χ3v) is 5.19. The van der Waals surface area contributed by atoms with Crippen molar-refractivity contribution in [1.29, 1.82) is 0 Å². The lowest BCUT2D eigenvalue weighted by atomic mass is 10.2. The molecule has 0 saturated heterocycles. The Balaban J connectivity index is 1.98. The highest BCUT2D eigenvalue weighted by atomic mass is 127. The van der Waals surface area contributed by atoms with E-state index >= 15 is 0 Å². The predicted molar refractivity (Wildman–Crippen MR) is 124 cm³/mol. The average molecular weight is 496 g/mol. The Hall–Kier alpha value is -3.13. The van der Waals surface area contributed by atoms with Gasteiger partial charge in [0, 0.05) is 15.2 Å². The maximum atomic E-state index is 13.4. The van der Waals surface area contributed by atoms with Gasteiger partial charge in [0.15, 0.2) is 0 Å². The van der Waals surface area contributed by atoms with E-state index in [0.717, 1.165) is 3.57 Å². The van der Waals surface area contributed by atoms with E-state index in [1.165, 1.54) is 0 Å². The number of ether oxygens (including phenoxy) is 1. The average Bonchev–Trinajstić information content (AvgIpc) is 2.74. The zero-order valence-electron chi connectivity index (χ0n) is 15.5. The summed E-state index contributed by atoms with van der Waals surface area (Å²) in [5, 5.41) is 10.6. The zero-order chi connectivity index (χ0) is 20.4. The summed E-state index contributed by atoms with van der Waals surface area (Å²) in [4.78, 5) is 18.1. The number of aromatic hydroxyl groups is 1. The lowest BCUT2D eigenvalue weighted by Crippen LogP contribution is -2.22. The van der Waals surface area contributed by atoms with Crippen molar-refractivity contribution in [3.8, 4) is 17.2 Å². The molecule has 0 aliphatic carbocycles. The van der Waals surface area contributed by atoms with Crippen molar-refractivity contribution in [3.63, 3.8) is 0 Å². The number of benzene rings is 3. The number of nitrogens with zero attached hydrogens (tertiary/aromatic N) is 2. The molecule has 29 heavy (non-hydrogen) atoms. The van der Waals surface area contributed by atoms with E-state index in [-0.39, 0.29) is 11.3 Å². The molecule has 144 valence electrons. The monoisotopic (exact) mass is 496 g/mol. The molecule has 0 bridgehead atoms. The first-order chi connectivity index (χ1) is 14.1. The summed E-state index contributed by atoms with van der Waals surface area (Å²) in [6.45, 7) is 0. The van der Waals surface area contributed by atoms with Crippen LogP contribution in [0.4, 0.5) is 0 Å². The molecular weight excluding hydrogens is 479 g/mol. The molecule has 1 aromatic heterocycles. The van der Waals surface area contributed by atoms with Crippen LogP contribution in [0.2, 0.25) is 0 Å². The topological polar surface area (TPSA) is 64.3 Å². The molecule has 0 atom stereocenters. The Morgan fingerprint density at radius 2 is 1.86 bits per heavy atom. The minimum absolute atomic E-state index is 0.161. The SMILES string of the molecule is COc1cccc(-n2c(/C=C/c3ccccc3O)nc3ccc(I)cc3c2=O)c1. The van der Waals surface area contributed by atoms with Crippen LogP contribution in [-0.2, 0) is 0 Å². The van der Waals surface area contributed by atoms with Gasteiger partial charge in [0.05, 0.1) is 23.7 Å². The van der Waals surface area contributed by atoms with Gasteiger partial charge in [-0.1, -0.05) is 24.3 Å². The number of hydrogen-bond acceptors (Lipinski definition) is 4. The van der Waals surface area contributed by atoms with Crippen molar-refractivity contribution in [2.75, 3.05) is 7.11 Å². The maximum Gasteiger partial charge on any atom is 0.266 e. The fourth-order valence-corrected chi connectivity index (χ4v) is 3.57. The summed E-state index contributed by atoms with van der Waals surface area (Å²) >= 11 is 2.18. The van der Waals surface area contributed by atoms with E-state index in [1.807, 2.05) is 42.5 Å². The van der Waals surface area contributed by atoms with Crippen LogP contribution in [0.5, 0.6) is 11.5 Å². The van der Waals surface area contributed by atoms with Gasteiger partial charge < -0.3 is 9.84 Å². The summed E-state index contributed by atoms with van der Waals surface area (Å²) in [6, 6.07) is 19.9. The van der Waals surface area contributed by atoms with Gasteiger partial charge in [-0.25, -0.2) is 4.98 Å². The van der Waals surface area contributed by atoms with E-state index < -0.39 is 0 Å². The van der Waals surface area contributed by atoms with E-state index in [1.54, 1.807) is 48.1 Å². The van der Waals surface area contributed by atoms with Crippen LogP contribution < -0.4 is 10.3 Å². The van der Waals surface area contributed by atoms with Crippen molar-refractivity contribution in [2.45, 2.75) is 0 Å². The number of phenols is 1. The van der Waals surface area contributed by atoms with Gasteiger partial charge in [0.1, 0.15) is 17.3 Å². The smallest absolute Gasteiger partial charge is 0.266 e. The number of phenolic OH excluding ortho intramolecular Hbond substituents is 1. The largest absolute Gasteiger partial charge is 0.507 e. The predicted octanol–water partition coefficient (Wildman–Crippen LogP) is 4.87. The minimum atomic E-state index is -0.168. The van der Waals surface area contributed by atoms with Crippen LogP contribution in [0.15, 0.2) is 71.5 Å². The molecule has 0 saturated carbocycles. The number of methoxy groups -OCH3 is 1. The molecule has 0 spiro atoms. The molecule has 0 aliphatic rings. The molecule has 3 aromatic carbocycles. The fourth-order valence-electron chi connectivity index (χ4n) is 3.08. The second-order valence-corrected chi connectivity index (χ2v) is 7.61. The van der Waals surface area contributed by atoms with E-state index in [0.29, 0.717) is 33.7 Å². The van der Waals surface area contributed by atoms with Gasteiger partial charge in [0.25, 0.3) is 5.56 Å². The molecule has 0 radical (unpaired) electrons. The van der Waals surface area contributed by atoms with Gasteiger partial charge in [-0.3, -0.25) is 9.36 Å². The Morgan fingerprint density at radius 3 is 2.66 bits per heavy atom. The third kappa shape index (κ3) is 3.88. The lowest BCUT2D eigenvalue weighted by Gasteiger charge is -2.12. The van der Waals surface area contributed by atoms with Crippen molar-refractivity contribution in [1.82, 2.24) is 9.55 Å². The van der Waals surface area contributed by atoms with Crippen molar-refractivity contribution >= 4 is 45.6 Å². The van der Waals surface area contributed by atoms with E-state index in [2.05, 4.69) is 22.6 Å². The normalized spacial score (nSPS) is 11.2. The summed E-state index contributed by atoms with van der Waals surface area (Å²) < 4.78 is 7.83. The summed E-state index contributed by atoms with van der Waals surface area (Å²) in [6.07, 6.45) is 3.47. The number of hydrogen-bond donors (Lipinski definition) is 1. The molecule has 0 unspecified atom stereocenters. The second kappa shape index (κ2) is 8.08. The van der Waals surface area contributed by atoms with Crippen LogP contribution in [0.25, 0.3) is 28.7 Å². The molecule has 1 N–H and O–H groups in total. The quantitative estimate of drug-likeness (QED) is 0.410. The minimum Gasteiger partial charge on any atom is -0.507 e. The Labute approximate surface area is 181 Å². The highest BCUT2D eigenvalue weighted by Gasteiger charge is 2.12. The molecule has 6 heteroatoms. The number of aromatic nitrogens is 2. The Kier molecular flexibility index (Phi) is 5.35. The van der Waals surface area contributed by atoms with Crippen LogP contribution in [-0.4, -0.2) is 21.8 Å². The van der Waals surface area contributed by atoms with Gasteiger partial charge >= 0.3 is 0 Å². The number of fused-ring (bicyclic) bond motifs is 1. The second-order valence-electron chi connectivity index (χ2n) is 6.37. The summed E-state index contributed by atoms with van der Waals surface area (Å²) in [5.74, 6) is 1.27. The molecule has 5 nitrogen and oxygen atoms in total. The fraction of sp³-hybridized carbons (Fsp3) is 0.0435. The highest BCUT2D eigenvalue weighted by molar-refractivity contribution is 14.1. The maximum absolute atomic E-state index is 13.4. The standard InChI is InChI=1S/C23H17IN2O3/c1-29-18-7-4-6-17(14-18)26-22(12-9-15-5-2-3-8-21(15)27)25-20-11-10-16(24)13-19(20)23(26)28/h2-14,27H,1H3/b12-9+. The van der Waals surface area contributed by atoms with Crippen LogP contribution >= 0.6 is 22.6 Å². The number of rotatable bonds is 4. The molecular formula is C23H17IN2O3. The van der Waals surface area contributed by atoms with Gasteiger partial charge in [-0.2, -0.15) is 0 Å². The molecule has 0 aliphatic heterocycles. The molecule has 4 aromatic rings. The molecule has 4 rings (SSSR count). The Morgan fingerprint density at radius 1 is 1.03 bits per heavy atom. The van der Waals surface area contributed by atoms with Crippen molar-refractivity contribution in [3.05, 3.63) is 92.0 Å². The molecule has 1 heterocycles. The van der Waals surface area contributed by atoms with Crippen LogP contribution in [0.1, 0.15) is 11.4 Å². The summed E-state index contributed by atoms with van der Waals surface area (Å²) in [7, 11) is 1.59. The van der Waals surface area contributed by atoms with E-state index in [4.69, 9.17) is 9.72 Å². The molecule has 0 fully saturated rings. The zero-order valence-corrected chi connectivity index (χ0v) is 17.7. The van der Waals surface area contributed by atoms with E-state index in [9.17, 15) is 9.90 Å².